The van der Waals surface area contributed by atoms with Gasteiger partial charge in [-0.05, 0) is 30.9 Å². The van der Waals surface area contributed by atoms with E-state index in [1.165, 1.54) is 30.3 Å². The number of carbonyl (C=O) groups excluding carboxylic acids is 1. The number of nitrogens with zero attached hydrogens (tertiary/aromatic N) is 3. The van der Waals surface area contributed by atoms with Crippen LogP contribution < -0.4 is 15.6 Å². The van der Waals surface area contributed by atoms with Gasteiger partial charge in [0.1, 0.15) is 5.82 Å². The number of aromatic nitrogens is 4. The van der Waals surface area contributed by atoms with Crippen LogP contribution in [0, 0.1) is 11.7 Å². The summed E-state index contributed by atoms with van der Waals surface area (Å²) in [6.07, 6.45) is 5.64. The number of pyridine rings is 2. The lowest BCUT2D eigenvalue weighted by atomic mass is 10.0. The van der Waals surface area contributed by atoms with Crippen molar-refractivity contribution in [2.75, 3.05) is 26.9 Å². The van der Waals surface area contributed by atoms with Crippen molar-refractivity contribution in [2.24, 2.45) is 5.92 Å². The second kappa shape index (κ2) is 9.09. The number of hydrogen-bond acceptors (Lipinski definition) is 6. The summed E-state index contributed by atoms with van der Waals surface area (Å²) < 4.78 is 25.7. The van der Waals surface area contributed by atoms with Gasteiger partial charge in [-0.3, -0.25) is 14.7 Å². The molecule has 3 aromatic rings. The molecule has 3 aromatic heterocycles. The van der Waals surface area contributed by atoms with Gasteiger partial charge in [0.25, 0.3) is 11.5 Å². The smallest absolute Gasteiger partial charge is 0.280 e. The Morgan fingerprint density at radius 1 is 1.29 bits per heavy atom. The number of H-pyrrole nitrogens is 1. The molecule has 4 heterocycles. The molecule has 0 aromatic carbocycles. The second-order valence-corrected chi connectivity index (χ2v) is 7.21. The quantitative estimate of drug-likeness (QED) is 0.622. The van der Waals surface area contributed by atoms with Crippen molar-refractivity contribution >= 4 is 5.91 Å². The third kappa shape index (κ3) is 4.48. The Morgan fingerprint density at radius 3 is 2.81 bits per heavy atom. The highest BCUT2D eigenvalue weighted by Crippen LogP contribution is 2.23. The van der Waals surface area contributed by atoms with Crippen LogP contribution >= 0.6 is 0 Å². The molecule has 0 aliphatic carbocycles. The van der Waals surface area contributed by atoms with Gasteiger partial charge in [0, 0.05) is 43.8 Å². The SMILES string of the molecule is COc1cc(-c2c[nH]n(-c3ccc(C(=O)NCC4CCOCC4)cn3)c2=O)c(F)cn1. The molecule has 0 radical (unpaired) electrons. The van der Waals surface area contributed by atoms with Crippen LogP contribution in [0.15, 0.2) is 41.6 Å². The van der Waals surface area contributed by atoms with E-state index in [0.717, 1.165) is 32.3 Å². The lowest BCUT2D eigenvalue weighted by Crippen LogP contribution is -2.32. The number of methoxy groups -OCH3 is 1. The topological polar surface area (TPSA) is 111 Å². The van der Waals surface area contributed by atoms with Gasteiger partial charge in [0.2, 0.25) is 5.88 Å². The zero-order chi connectivity index (χ0) is 21.8. The van der Waals surface area contributed by atoms with Crippen molar-refractivity contribution in [2.45, 2.75) is 12.8 Å². The fourth-order valence-corrected chi connectivity index (χ4v) is 3.41. The summed E-state index contributed by atoms with van der Waals surface area (Å²) in [5.41, 5.74) is 0.0752. The van der Waals surface area contributed by atoms with E-state index in [-0.39, 0.29) is 28.7 Å². The Morgan fingerprint density at radius 2 is 2.10 bits per heavy atom. The second-order valence-electron chi connectivity index (χ2n) is 7.21. The minimum atomic E-state index is -0.645. The minimum absolute atomic E-state index is 0.0657. The molecule has 4 rings (SSSR count). The molecular formula is C21H22FN5O4. The third-order valence-electron chi connectivity index (χ3n) is 5.23. The summed E-state index contributed by atoms with van der Waals surface area (Å²) in [6.45, 7) is 2.03. The van der Waals surface area contributed by atoms with Crippen molar-refractivity contribution in [3.8, 4) is 22.8 Å². The highest BCUT2D eigenvalue weighted by molar-refractivity contribution is 5.93. The van der Waals surface area contributed by atoms with E-state index in [4.69, 9.17) is 9.47 Å². The van der Waals surface area contributed by atoms with Crippen molar-refractivity contribution in [3.63, 3.8) is 0 Å². The normalized spacial score (nSPS) is 14.4. The van der Waals surface area contributed by atoms with Crippen LogP contribution in [0.1, 0.15) is 23.2 Å². The number of halogens is 1. The fraction of sp³-hybridized carbons (Fsp3) is 0.333. The first kappa shape index (κ1) is 20.7. The largest absolute Gasteiger partial charge is 0.481 e. The summed E-state index contributed by atoms with van der Waals surface area (Å²) >= 11 is 0. The molecule has 10 heteroatoms. The predicted molar refractivity (Wildman–Crippen MR) is 110 cm³/mol. The zero-order valence-corrected chi connectivity index (χ0v) is 16.9. The highest BCUT2D eigenvalue weighted by Gasteiger charge is 2.17. The van der Waals surface area contributed by atoms with E-state index < -0.39 is 11.4 Å². The first-order valence-corrected chi connectivity index (χ1v) is 9.89. The molecule has 1 amide bonds. The van der Waals surface area contributed by atoms with Crippen molar-refractivity contribution in [1.82, 2.24) is 25.1 Å². The Labute approximate surface area is 177 Å². The fourth-order valence-electron chi connectivity index (χ4n) is 3.41. The lowest BCUT2D eigenvalue weighted by Gasteiger charge is -2.22. The van der Waals surface area contributed by atoms with E-state index in [1.54, 1.807) is 12.1 Å². The third-order valence-corrected chi connectivity index (χ3v) is 5.23. The van der Waals surface area contributed by atoms with Crippen LogP contribution in [0.25, 0.3) is 16.9 Å². The molecule has 1 aliphatic rings. The summed E-state index contributed by atoms with van der Waals surface area (Å²) in [7, 11) is 1.41. The van der Waals surface area contributed by atoms with Gasteiger partial charge in [0.15, 0.2) is 5.82 Å². The van der Waals surface area contributed by atoms with Gasteiger partial charge in [0.05, 0.1) is 24.4 Å². The first-order valence-electron chi connectivity index (χ1n) is 9.89. The Hall–Kier alpha value is -3.53. The van der Waals surface area contributed by atoms with Gasteiger partial charge in [-0.15, -0.1) is 0 Å². The molecule has 0 atom stereocenters. The molecule has 1 fully saturated rings. The number of amides is 1. The zero-order valence-electron chi connectivity index (χ0n) is 16.9. The molecule has 0 bridgehead atoms. The van der Waals surface area contributed by atoms with Crippen molar-refractivity contribution in [1.29, 1.82) is 0 Å². The number of ether oxygens (including phenoxy) is 2. The first-order chi connectivity index (χ1) is 15.1. The van der Waals surface area contributed by atoms with Gasteiger partial charge in [-0.25, -0.2) is 19.0 Å². The number of carbonyl (C=O) groups is 1. The molecule has 162 valence electrons. The van der Waals surface area contributed by atoms with Crippen LogP contribution in [0.4, 0.5) is 4.39 Å². The number of nitrogens with one attached hydrogen (secondary N) is 2. The standard InChI is InChI=1S/C21H22FN5O4/c1-30-19-8-15(17(22)12-24-19)16-11-26-27(21(16)29)18-3-2-14(10-23-18)20(28)25-9-13-4-6-31-7-5-13/h2-3,8,10-13,26H,4-7,9H2,1H3,(H,25,28). The number of hydrogen-bond donors (Lipinski definition) is 2. The molecule has 1 saturated heterocycles. The maximum Gasteiger partial charge on any atom is 0.280 e. The summed E-state index contributed by atoms with van der Waals surface area (Å²) in [4.78, 5) is 33.1. The molecule has 31 heavy (non-hydrogen) atoms. The van der Waals surface area contributed by atoms with E-state index in [1.807, 2.05) is 0 Å². The predicted octanol–water partition coefficient (Wildman–Crippen LogP) is 1.93. The van der Waals surface area contributed by atoms with Gasteiger partial charge in [-0.2, -0.15) is 0 Å². The lowest BCUT2D eigenvalue weighted by molar-refractivity contribution is 0.0642. The van der Waals surface area contributed by atoms with Crippen molar-refractivity contribution < 1.29 is 18.7 Å². The van der Waals surface area contributed by atoms with Crippen LogP contribution in [-0.2, 0) is 4.74 Å². The van der Waals surface area contributed by atoms with Crippen LogP contribution in [0.3, 0.4) is 0 Å². The van der Waals surface area contributed by atoms with Crippen LogP contribution in [0.2, 0.25) is 0 Å². The van der Waals surface area contributed by atoms with E-state index >= 15 is 0 Å². The molecular weight excluding hydrogens is 405 g/mol. The summed E-state index contributed by atoms with van der Waals surface area (Å²) in [6, 6.07) is 4.49. The van der Waals surface area contributed by atoms with E-state index in [9.17, 15) is 14.0 Å². The van der Waals surface area contributed by atoms with Gasteiger partial charge in [-0.1, -0.05) is 0 Å². The van der Waals surface area contributed by atoms with Gasteiger partial charge < -0.3 is 14.8 Å². The maximum absolute atomic E-state index is 14.2. The van der Waals surface area contributed by atoms with Crippen molar-refractivity contribution in [3.05, 3.63) is 58.5 Å². The van der Waals surface area contributed by atoms with Crippen LogP contribution in [0.5, 0.6) is 5.88 Å². The highest BCUT2D eigenvalue weighted by atomic mass is 19.1. The average Bonchev–Trinajstić information content (AvgIpc) is 3.19. The van der Waals surface area contributed by atoms with Gasteiger partial charge >= 0.3 is 0 Å². The monoisotopic (exact) mass is 427 g/mol. The molecule has 0 saturated carbocycles. The average molecular weight is 427 g/mol. The van der Waals surface area contributed by atoms with Crippen LogP contribution in [-0.4, -0.2) is 52.5 Å². The molecule has 0 spiro atoms. The maximum atomic E-state index is 14.2. The Balaban J connectivity index is 1.50. The van der Waals surface area contributed by atoms with E-state index in [0.29, 0.717) is 18.0 Å². The van der Waals surface area contributed by atoms with E-state index in [2.05, 4.69) is 20.4 Å². The molecule has 9 nitrogen and oxygen atoms in total. The Kier molecular flexibility index (Phi) is 6.08. The Bertz CT molecular complexity index is 1120. The molecule has 1 aliphatic heterocycles. The number of rotatable bonds is 6. The molecule has 0 unspecified atom stereocenters. The summed E-state index contributed by atoms with van der Waals surface area (Å²) in [5, 5.41) is 5.68. The minimum Gasteiger partial charge on any atom is -0.481 e. The summed E-state index contributed by atoms with van der Waals surface area (Å²) in [5.74, 6) is 0.00841. The molecule has 2 N–H and O–H groups in total. The number of aromatic amines is 1.